The standard InChI is InChI=1S/C28H37N3O5/c1-7-13-29(6)25(33)22-21-11-12-28(36-21)23(22)26(34)31(19(5)16-32)24(28)27(35)30(14-8-2)20-15-17(3)9-10-18(20)4/h7-10,15,19,21-24,32H,1-2,11-14,16H2,3-6H3/t19-,21-,22+,23+,24?,28?/m1/s1. The molecule has 0 radical (unpaired) electrons. The lowest BCUT2D eigenvalue weighted by atomic mass is 9.70. The SMILES string of the molecule is C=CCN(C)C(=O)[C@@H]1[C@H]2C(=O)N([C@H](C)CO)C(C(=O)N(CC=C)c3cc(C)ccc3C)C23CC[C@H]1O3. The Morgan fingerprint density at radius 1 is 1.25 bits per heavy atom. The zero-order valence-corrected chi connectivity index (χ0v) is 21.6. The maximum atomic E-state index is 14.4. The zero-order chi connectivity index (χ0) is 26.4. The lowest BCUT2D eigenvalue weighted by molar-refractivity contribution is -0.146. The van der Waals surface area contributed by atoms with Crippen LogP contribution in [-0.2, 0) is 19.1 Å². The molecule has 0 aliphatic carbocycles. The van der Waals surface area contributed by atoms with Gasteiger partial charge in [0.15, 0.2) is 0 Å². The van der Waals surface area contributed by atoms with Gasteiger partial charge in [-0.1, -0.05) is 24.3 Å². The number of aryl methyl sites for hydroxylation is 2. The molecule has 0 saturated carbocycles. The van der Waals surface area contributed by atoms with Crippen LogP contribution in [0.4, 0.5) is 5.69 Å². The van der Waals surface area contributed by atoms with Gasteiger partial charge in [-0.25, -0.2) is 0 Å². The van der Waals surface area contributed by atoms with E-state index in [1.165, 1.54) is 4.90 Å². The molecule has 36 heavy (non-hydrogen) atoms. The predicted molar refractivity (Wildman–Crippen MR) is 137 cm³/mol. The molecule has 8 heteroatoms. The molecule has 3 heterocycles. The van der Waals surface area contributed by atoms with E-state index in [4.69, 9.17) is 4.74 Å². The molecule has 3 aliphatic heterocycles. The van der Waals surface area contributed by atoms with Crippen LogP contribution >= 0.6 is 0 Å². The van der Waals surface area contributed by atoms with E-state index >= 15 is 0 Å². The summed E-state index contributed by atoms with van der Waals surface area (Å²) in [4.78, 5) is 46.5. The summed E-state index contributed by atoms with van der Waals surface area (Å²) in [5.74, 6) is -2.21. The maximum Gasteiger partial charge on any atom is 0.253 e. The number of aliphatic hydroxyl groups is 1. The molecule has 4 rings (SSSR count). The number of benzene rings is 1. The quantitative estimate of drug-likeness (QED) is 0.531. The molecule has 194 valence electrons. The Morgan fingerprint density at radius 2 is 1.94 bits per heavy atom. The third-order valence-corrected chi connectivity index (χ3v) is 8.01. The van der Waals surface area contributed by atoms with E-state index in [1.807, 2.05) is 32.0 Å². The summed E-state index contributed by atoms with van der Waals surface area (Å²) in [5, 5.41) is 10.1. The number of hydrogen-bond donors (Lipinski definition) is 1. The number of hydrogen-bond acceptors (Lipinski definition) is 5. The highest BCUT2D eigenvalue weighted by molar-refractivity contribution is 6.05. The average Bonchev–Trinajstić information content (AvgIpc) is 3.50. The van der Waals surface area contributed by atoms with E-state index in [-0.39, 0.29) is 30.9 Å². The van der Waals surface area contributed by atoms with Gasteiger partial charge in [0.25, 0.3) is 5.91 Å². The van der Waals surface area contributed by atoms with E-state index in [2.05, 4.69) is 13.2 Å². The van der Waals surface area contributed by atoms with E-state index in [0.717, 1.165) is 16.8 Å². The lowest BCUT2D eigenvalue weighted by Crippen LogP contribution is -2.58. The third kappa shape index (κ3) is 3.87. The molecule has 1 aromatic rings. The first-order chi connectivity index (χ1) is 17.1. The molecule has 0 aromatic heterocycles. The van der Waals surface area contributed by atoms with Gasteiger partial charge < -0.3 is 24.5 Å². The summed E-state index contributed by atoms with van der Waals surface area (Å²) in [6.07, 6.45) is 3.98. The number of carbonyl (C=O) groups is 3. The minimum Gasteiger partial charge on any atom is -0.394 e. The van der Waals surface area contributed by atoms with Crippen LogP contribution in [0.3, 0.4) is 0 Å². The van der Waals surface area contributed by atoms with E-state index in [1.54, 1.807) is 35.9 Å². The molecule has 2 unspecified atom stereocenters. The molecule has 2 bridgehead atoms. The minimum atomic E-state index is -1.12. The van der Waals surface area contributed by atoms with E-state index < -0.39 is 35.6 Å². The van der Waals surface area contributed by atoms with Gasteiger partial charge in [-0.05, 0) is 50.8 Å². The van der Waals surface area contributed by atoms with Crippen molar-refractivity contribution in [2.75, 3.05) is 31.6 Å². The highest BCUT2D eigenvalue weighted by Crippen LogP contribution is 2.59. The predicted octanol–water partition coefficient (Wildman–Crippen LogP) is 2.22. The average molecular weight is 496 g/mol. The molecule has 1 spiro atoms. The first-order valence-corrected chi connectivity index (χ1v) is 12.6. The molecule has 3 aliphatic rings. The van der Waals surface area contributed by atoms with Gasteiger partial charge in [-0.3, -0.25) is 14.4 Å². The van der Waals surface area contributed by atoms with Crippen molar-refractivity contribution >= 4 is 23.4 Å². The first-order valence-electron chi connectivity index (χ1n) is 12.6. The second-order valence-electron chi connectivity index (χ2n) is 10.4. The molecule has 8 nitrogen and oxygen atoms in total. The second-order valence-corrected chi connectivity index (χ2v) is 10.4. The monoisotopic (exact) mass is 495 g/mol. The summed E-state index contributed by atoms with van der Waals surface area (Å²) in [7, 11) is 1.69. The lowest BCUT2D eigenvalue weighted by Gasteiger charge is -2.38. The van der Waals surface area contributed by atoms with E-state index in [0.29, 0.717) is 19.4 Å². The number of likely N-dealkylation sites (tertiary alicyclic amines) is 1. The fraction of sp³-hybridized carbons (Fsp3) is 0.536. The Balaban J connectivity index is 1.81. The van der Waals surface area contributed by atoms with Gasteiger partial charge in [-0.2, -0.15) is 0 Å². The number of anilines is 1. The van der Waals surface area contributed by atoms with Crippen molar-refractivity contribution in [3.8, 4) is 0 Å². The van der Waals surface area contributed by atoms with Gasteiger partial charge in [0, 0.05) is 25.8 Å². The number of fused-ring (bicyclic) bond motifs is 1. The first kappa shape index (κ1) is 26.1. The van der Waals surface area contributed by atoms with Crippen LogP contribution in [0, 0.1) is 25.7 Å². The summed E-state index contributed by atoms with van der Waals surface area (Å²) >= 11 is 0. The van der Waals surface area contributed by atoms with Crippen LogP contribution < -0.4 is 4.90 Å². The number of aliphatic hydroxyl groups excluding tert-OH is 1. The molecule has 3 saturated heterocycles. The molecule has 6 atom stereocenters. The maximum absolute atomic E-state index is 14.4. The van der Waals surface area contributed by atoms with Gasteiger partial charge in [0.2, 0.25) is 11.8 Å². The van der Waals surface area contributed by atoms with Gasteiger partial charge >= 0.3 is 0 Å². The van der Waals surface area contributed by atoms with E-state index in [9.17, 15) is 19.5 Å². The second kappa shape index (κ2) is 9.82. The highest BCUT2D eigenvalue weighted by atomic mass is 16.5. The molecular weight excluding hydrogens is 458 g/mol. The number of carbonyl (C=O) groups excluding carboxylic acids is 3. The summed E-state index contributed by atoms with van der Waals surface area (Å²) in [6.45, 7) is 13.5. The largest absolute Gasteiger partial charge is 0.394 e. The van der Waals surface area contributed by atoms with Crippen LogP contribution in [-0.4, -0.2) is 83.2 Å². The minimum absolute atomic E-state index is 0.179. The summed E-state index contributed by atoms with van der Waals surface area (Å²) in [5.41, 5.74) is 1.56. The van der Waals surface area contributed by atoms with Gasteiger partial charge in [-0.15, -0.1) is 13.2 Å². The third-order valence-electron chi connectivity index (χ3n) is 8.01. The van der Waals surface area contributed by atoms with Crippen molar-refractivity contribution in [2.45, 2.75) is 57.4 Å². The summed E-state index contributed by atoms with van der Waals surface area (Å²) < 4.78 is 6.50. The molecule has 3 fully saturated rings. The highest BCUT2D eigenvalue weighted by Gasteiger charge is 2.75. The zero-order valence-electron chi connectivity index (χ0n) is 21.6. The number of likely N-dealkylation sites (N-methyl/N-ethyl adjacent to an activating group) is 1. The number of ether oxygens (including phenoxy) is 1. The Labute approximate surface area is 213 Å². The van der Waals surface area contributed by atoms with Gasteiger partial charge in [0.1, 0.15) is 11.6 Å². The normalized spacial score (nSPS) is 29.1. The van der Waals surface area contributed by atoms with Crippen LogP contribution in [0.1, 0.15) is 30.9 Å². The van der Waals surface area contributed by atoms with Crippen LogP contribution in [0.5, 0.6) is 0 Å². The fourth-order valence-electron chi connectivity index (χ4n) is 6.35. The molecular formula is C28H37N3O5. The summed E-state index contributed by atoms with van der Waals surface area (Å²) in [6, 6.07) is 4.34. The van der Waals surface area contributed by atoms with Crippen molar-refractivity contribution in [3.05, 3.63) is 54.6 Å². The molecule has 3 amide bonds. The number of amides is 3. The fourth-order valence-corrected chi connectivity index (χ4v) is 6.35. The Kier molecular flexibility index (Phi) is 7.12. The van der Waals surface area contributed by atoms with Crippen molar-refractivity contribution in [2.24, 2.45) is 11.8 Å². The number of nitrogens with zero attached hydrogens (tertiary/aromatic N) is 3. The van der Waals surface area contributed by atoms with Gasteiger partial charge in [0.05, 0.1) is 30.6 Å². The van der Waals surface area contributed by atoms with Crippen LogP contribution in [0.15, 0.2) is 43.5 Å². The van der Waals surface area contributed by atoms with Crippen LogP contribution in [0.25, 0.3) is 0 Å². The van der Waals surface area contributed by atoms with Crippen molar-refractivity contribution in [1.82, 2.24) is 9.80 Å². The van der Waals surface area contributed by atoms with Crippen LogP contribution in [0.2, 0.25) is 0 Å². The molecule has 1 N–H and O–H groups in total. The Bertz CT molecular complexity index is 1090. The molecule has 1 aromatic carbocycles. The Morgan fingerprint density at radius 3 is 2.58 bits per heavy atom. The van der Waals surface area contributed by atoms with Crippen molar-refractivity contribution < 1.29 is 24.2 Å². The van der Waals surface area contributed by atoms with Crippen molar-refractivity contribution in [3.63, 3.8) is 0 Å². The smallest absolute Gasteiger partial charge is 0.253 e. The Hall–Kier alpha value is -2.97. The van der Waals surface area contributed by atoms with Crippen molar-refractivity contribution in [1.29, 1.82) is 0 Å². The number of rotatable bonds is 9. The topological polar surface area (TPSA) is 90.4 Å².